The van der Waals surface area contributed by atoms with Crippen LogP contribution < -0.4 is 10.1 Å². The van der Waals surface area contributed by atoms with Crippen molar-refractivity contribution in [3.63, 3.8) is 0 Å². The number of carbonyl (C=O) groups is 1. The summed E-state index contributed by atoms with van der Waals surface area (Å²) >= 11 is 0. The van der Waals surface area contributed by atoms with Gasteiger partial charge in [0.05, 0.1) is 7.11 Å². The van der Waals surface area contributed by atoms with Gasteiger partial charge in [0, 0.05) is 0 Å². The Morgan fingerprint density at radius 1 is 1.30 bits per heavy atom. The Morgan fingerprint density at radius 2 is 1.95 bits per heavy atom. The van der Waals surface area contributed by atoms with Crippen molar-refractivity contribution in [3.05, 3.63) is 29.8 Å². The topological polar surface area (TPSA) is 47.6 Å². The van der Waals surface area contributed by atoms with Crippen LogP contribution in [0.15, 0.2) is 24.3 Å². The summed E-state index contributed by atoms with van der Waals surface area (Å²) in [5.41, 5.74) is 0.471. The molecule has 1 aromatic carbocycles. The largest absolute Gasteiger partial charge is 0.491 e. The summed E-state index contributed by atoms with van der Waals surface area (Å²) < 4.78 is 10.5. The van der Waals surface area contributed by atoms with Gasteiger partial charge in [-0.15, -0.1) is 0 Å². The van der Waals surface area contributed by atoms with E-state index in [4.69, 9.17) is 9.47 Å². The number of unbranched alkanes of at least 4 members (excludes halogenated alkanes) is 1. The van der Waals surface area contributed by atoms with Gasteiger partial charge in [0.15, 0.2) is 0 Å². The molecule has 0 fully saturated rings. The van der Waals surface area contributed by atoms with E-state index in [0.717, 1.165) is 12.2 Å². The second kappa shape index (κ2) is 7.90. The van der Waals surface area contributed by atoms with E-state index in [9.17, 15) is 4.79 Å². The summed E-state index contributed by atoms with van der Waals surface area (Å²) in [5, 5.41) is 2.94. The SMILES string of the molecule is CCCCc1ccc(OCC(C)(NC)C(=O)OC)cc1. The highest BCUT2D eigenvalue weighted by atomic mass is 16.5. The molecule has 1 unspecified atom stereocenters. The van der Waals surface area contributed by atoms with E-state index in [-0.39, 0.29) is 12.6 Å². The molecule has 1 N–H and O–H groups in total. The molecule has 0 spiro atoms. The van der Waals surface area contributed by atoms with Crippen LogP contribution in [0.5, 0.6) is 5.75 Å². The third-order valence-corrected chi connectivity index (χ3v) is 3.46. The van der Waals surface area contributed by atoms with Gasteiger partial charge in [-0.2, -0.15) is 0 Å². The van der Waals surface area contributed by atoms with E-state index in [0.29, 0.717) is 0 Å². The molecule has 1 rings (SSSR count). The number of nitrogens with one attached hydrogen (secondary N) is 1. The monoisotopic (exact) mass is 279 g/mol. The van der Waals surface area contributed by atoms with Crippen LogP contribution in [-0.4, -0.2) is 32.3 Å². The molecule has 112 valence electrons. The first-order chi connectivity index (χ1) is 9.55. The van der Waals surface area contributed by atoms with Crippen LogP contribution in [0.4, 0.5) is 0 Å². The Labute approximate surface area is 121 Å². The second-order valence-corrected chi connectivity index (χ2v) is 5.11. The number of hydrogen-bond acceptors (Lipinski definition) is 4. The van der Waals surface area contributed by atoms with Crippen LogP contribution in [0.3, 0.4) is 0 Å². The molecule has 1 aromatic rings. The normalized spacial score (nSPS) is 13.6. The molecule has 0 saturated carbocycles. The molecule has 0 aliphatic heterocycles. The molecule has 20 heavy (non-hydrogen) atoms. The van der Waals surface area contributed by atoms with Crippen LogP contribution in [-0.2, 0) is 16.0 Å². The van der Waals surface area contributed by atoms with Crippen molar-refractivity contribution in [1.82, 2.24) is 5.32 Å². The van der Waals surface area contributed by atoms with Gasteiger partial charge < -0.3 is 14.8 Å². The van der Waals surface area contributed by atoms with Crippen LogP contribution in [0, 0.1) is 0 Å². The lowest BCUT2D eigenvalue weighted by atomic mass is 10.0. The number of methoxy groups -OCH3 is 1. The summed E-state index contributed by atoms with van der Waals surface area (Å²) in [7, 11) is 3.09. The van der Waals surface area contributed by atoms with Gasteiger partial charge in [-0.1, -0.05) is 25.5 Å². The number of aryl methyl sites for hydroxylation is 1. The smallest absolute Gasteiger partial charge is 0.329 e. The Balaban J connectivity index is 2.58. The van der Waals surface area contributed by atoms with Gasteiger partial charge in [0.1, 0.15) is 17.9 Å². The number of ether oxygens (including phenoxy) is 2. The van der Waals surface area contributed by atoms with E-state index in [1.54, 1.807) is 14.0 Å². The number of carbonyl (C=O) groups excluding carboxylic acids is 1. The molecule has 4 nitrogen and oxygen atoms in total. The fourth-order valence-corrected chi connectivity index (χ4v) is 1.82. The highest BCUT2D eigenvalue weighted by Crippen LogP contribution is 2.16. The maximum atomic E-state index is 11.7. The maximum absolute atomic E-state index is 11.7. The average Bonchev–Trinajstić information content (AvgIpc) is 2.50. The molecular weight excluding hydrogens is 254 g/mol. The Morgan fingerprint density at radius 3 is 2.45 bits per heavy atom. The number of esters is 1. The Kier molecular flexibility index (Phi) is 6.52. The van der Waals surface area contributed by atoms with Crippen molar-refractivity contribution in [1.29, 1.82) is 0 Å². The van der Waals surface area contributed by atoms with Crippen molar-refractivity contribution in [3.8, 4) is 5.75 Å². The fraction of sp³-hybridized carbons (Fsp3) is 0.562. The Hall–Kier alpha value is -1.55. The first-order valence-electron chi connectivity index (χ1n) is 7.04. The summed E-state index contributed by atoms with van der Waals surface area (Å²) in [6, 6.07) is 8.02. The zero-order valence-corrected chi connectivity index (χ0v) is 12.9. The lowest BCUT2D eigenvalue weighted by Crippen LogP contribution is -2.52. The minimum Gasteiger partial charge on any atom is -0.491 e. The summed E-state index contributed by atoms with van der Waals surface area (Å²) in [4.78, 5) is 11.7. The molecule has 0 saturated heterocycles. The third kappa shape index (κ3) is 4.53. The minimum absolute atomic E-state index is 0.227. The Bertz CT molecular complexity index is 416. The second-order valence-electron chi connectivity index (χ2n) is 5.11. The zero-order valence-electron chi connectivity index (χ0n) is 12.9. The highest BCUT2D eigenvalue weighted by Gasteiger charge is 2.33. The number of hydrogen-bond donors (Lipinski definition) is 1. The molecule has 0 amide bonds. The van der Waals surface area contributed by atoms with Crippen molar-refractivity contribution in [2.75, 3.05) is 20.8 Å². The highest BCUT2D eigenvalue weighted by molar-refractivity contribution is 5.80. The van der Waals surface area contributed by atoms with Crippen molar-refractivity contribution in [2.24, 2.45) is 0 Å². The van der Waals surface area contributed by atoms with Gasteiger partial charge in [-0.25, -0.2) is 4.79 Å². The lowest BCUT2D eigenvalue weighted by Gasteiger charge is -2.25. The van der Waals surface area contributed by atoms with E-state index in [1.807, 2.05) is 12.1 Å². The zero-order chi connectivity index (χ0) is 15.0. The summed E-state index contributed by atoms with van der Waals surface area (Å²) in [6.45, 7) is 4.17. The van der Waals surface area contributed by atoms with E-state index < -0.39 is 5.54 Å². The molecule has 0 radical (unpaired) electrons. The van der Waals surface area contributed by atoms with Crippen LogP contribution in [0.2, 0.25) is 0 Å². The predicted octanol–water partition coefficient (Wildman–Crippen LogP) is 2.56. The lowest BCUT2D eigenvalue weighted by molar-refractivity contribution is -0.148. The molecule has 0 aromatic heterocycles. The average molecular weight is 279 g/mol. The molecule has 0 heterocycles. The van der Waals surface area contributed by atoms with Gasteiger partial charge in [-0.3, -0.25) is 0 Å². The van der Waals surface area contributed by atoms with Gasteiger partial charge in [-0.05, 0) is 44.5 Å². The van der Waals surface area contributed by atoms with Gasteiger partial charge in [0.2, 0.25) is 0 Å². The van der Waals surface area contributed by atoms with Crippen LogP contribution in [0.1, 0.15) is 32.3 Å². The van der Waals surface area contributed by atoms with E-state index in [2.05, 4.69) is 24.4 Å². The standard InChI is InChI=1S/C16H25NO3/c1-5-6-7-13-8-10-14(11-9-13)20-12-16(2,17-3)15(18)19-4/h8-11,17H,5-7,12H2,1-4H3. The van der Waals surface area contributed by atoms with Crippen molar-refractivity contribution >= 4 is 5.97 Å². The molecule has 0 bridgehead atoms. The maximum Gasteiger partial charge on any atom is 0.329 e. The number of rotatable bonds is 8. The predicted molar refractivity (Wildman–Crippen MR) is 80.0 cm³/mol. The number of benzene rings is 1. The minimum atomic E-state index is -0.838. The van der Waals surface area contributed by atoms with Gasteiger partial charge >= 0.3 is 5.97 Å². The molecule has 0 aliphatic rings. The van der Waals surface area contributed by atoms with Crippen LogP contribution >= 0.6 is 0 Å². The van der Waals surface area contributed by atoms with Crippen molar-refractivity contribution < 1.29 is 14.3 Å². The molecular formula is C16H25NO3. The third-order valence-electron chi connectivity index (χ3n) is 3.46. The first-order valence-corrected chi connectivity index (χ1v) is 7.04. The fourth-order valence-electron chi connectivity index (χ4n) is 1.82. The summed E-state index contributed by atoms with van der Waals surface area (Å²) in [6.07, 6.45) is 3.48. The van der Waals surface area contributed by atoms with E-state index >= 15 is 0 Å². The molecule has 4 heteroatoms. The summed E-state index contributed by atoms with van der Waals surface area (Å²) in [5.74, 6) is 0.426. The van der Waals surface area contributed by atoms with Crippen LogP contribution in [0.25, 0.3) is 0 Å². The molecule has 1 atom stereocenters. The van der Waals surface area contributed by atoms with Gasteiger partial charge in [0.25, 0.3) is 0 Å². The quantitative estimate of drug-likeness (QED) is 0.743. The van der Waals surface area contributed by atoms with E-state index in [1.165, 1.54) is 25.5 Å². The molecule has 0 aliphatic carbocycles. The van der Waals surface area contributed by atoms with Crippen molar-refractivity contribution in [2.45, 2.75) is 38.6 Å². The first kappa shape index (κ1) is 16.5. The number of likely N-dealkylation sites (N-methyl/N-ethyl adjacent to an activating group) is 1.